The molecule has 1 atom stereocenters. The molecule has 0 spiro atoms. The third-order valence-electron chi connectivity index (χ3n) is 4.51. The average Bonchev–Trinajstić information content (AvgIpc) is 3.28. The molecule has 0 saturated carbocycles. The van der Waals surface area contributed by atoms with E-state index in [0.29, 0.717) is 13.2 Å². The lowest BCUT2D eigenvalue weighted by atomic mass is 10.2. The summed E-state index contributed by atoms with van der Waals surface area (Å²) in [5, 5.41) is 16.2. The van der Waals surface area contributed by atoms with E-state index in [1.54, 1.807) is 18.0 Å². The number of aryl methyl sites for hydroxylation is 1. The van der Waals surface area contributed by atoms with Crippen molar-refractivity contribution in [3.05, 3.63) is 47.9 Å². The quantitative estimate of drug-likeness (QED) is 0.720. The Labute approximate surface area is 151 Å². The fourth-order valence-electron chi connectivity index (χ4n) is 3.08. The van der Waals surface area contributed by atoms with Gasteiger partial charge >= 0.3 is 0 Å². The van der Waals surface area contributed by atoms with Crippen molar-refractivity contribution in [1.29, 1.82) is 0 Å². The molecule has 0 bridgehead atoms. The molecule has 8 nitrogen and oxygen atoms in total. The van der Waals surface area contributed by atoms with Crippen LogP contribution in [0.3, 0.4) is 0 Å². The smallest absolute Gasteiger partial charge is 0.121 e. The number of fused-ring (bicyclic) bond motifs is 1. The molecule has 0 unspecified atom stereocenters. The number of ether oxygens (including phenoxy) is 2. The van der Waals surface area contributed by atoms with Crippen molar-refractivity contribution < 1.29 is 9.47 Å². The Morgan fingerprint density at radius 3 is 2.88 bits per heavy atom. The predicted octanol–water partition coefficient (Wildman–Crippen LogP) is 1.38. The SMILES string of the molecule is COc1ccc(CNC[C@@H]2Cn3nnc(-c4cnn(C)c4)c3CO2)cc1. The molecule has 3 heterocycles. The zero-order valence-electron chi connectivity index (χ0n) is 14.9. The lowest BCUT2D eigenvalue weighted by Crippen LogP contribution is -2.36. The Hall–Kier alpha value is -2.71. The van der Waals surface area contributed by atoms with Gasteiger partial charge in [-0.3, -0.25) is 4.68 Å². The van der Waals surface area contributed by atoms with Gasteiger partial charge in [-0.2, -0.15) is 5.10 Å². The minimum Gasteiger partial charge on any atom is -0.497 e. The van der Waals surface area contributed by atoms with Crippen LogP contribution in [0.5, 0.6) is 5.75 Å². The Morgan fingerprint density at radius 1 is 1.31 bits per heavy atom. The van der Waals surface area contributed by atoms with Gasteiger partial charge in [-0.25, -0.2) is 4.68 Å². The van der Waals surface area contributed by atoms with Crippen LogP contribution in [0.1, 0.15) is 11.3 Å². The van der Waals surface area contributed by atoms with Gasteiger partial charge in [0.05, 0.1) is 38.3 Å². The van der Waals surface area contributed by atoms with Crippen molar-refractivity contribution in [2.75, 3.05) is 13.7 Å². The van der Waals surface area contributed by atoms with Gasteiger partial charge in [0.25, 0.3) is 0 Å². The summed E-state index contributed by atoms with van der Waals surface area (Å²) in [6.07, 6.45) is 3.81. The Balaban J connectivity index is 1.33. The maximum atomic E-state index is 6.00. The first-order valence-corrected chi connectivity index (χ1v) is 8.59. The van der Waals surface area contributed by atoms with E-state index in [1.165, 1.54) is 5.56 Å². The highest BCUT2D eigenvalue weighted by atomic mass is 16.5. The van der Waals surface area contributed by atoms with Crippen molar-refractivity contribution >= 4 is 0 Å². The molecule has 26 heavy (non-hydrogen) atoms. The standard InChI is InChI=1S/C18H22N6O2/c1-23-10-14(8-20-23)18-17-12-26-16(11-24(17)22-21-18)9-19-7-13-3-5-15(25-2)6-4-13/h3-6,8,10,16,19H,7,9,11-12H2,1-2H3/t16-/m1/s1. The van der Waals surface area contributed by atoms with Gasteiger partial charge in [0, 0.05) is 31.9 Å². The number of nitrogens with one attached hydrogen (secondary N) is 1. The van der Waals surface area contributed by atoms with E-state index in [9.17, 15) is 0 Å². The molecule has 0 radical (unpaired) electrons. The normalized spacial score (nSPS) is 16.5. The number of aromatic nitrogens is 5. The summed E-state index contributed by atoms with van der Waals surface area (Å²) in [6, 6.07) is 8.05. The number of nitrogens with zero attached hydrogens (tertiary/aromatic N) is 5. The van der Waals surface area contributed by atoms with E-state index in [1.807, 2.05) is 30.1 Å². The summed E-state index contributed by atoms with van der Waals surface area (Å²) >= 11 is 0. The van der Waals surface area contributed by atoms with E-state index in [-0.39, 0.29) is 6.10 Å². The number of hydrogen-bond donors (Lipinski definition) is 1. The van der Waals surface area contributed by atoms with Crippen molar-refractivity contribution in [1.82, 2.24) is 30.1 Å². The van der Waals surface area contributed by atoms with Crippen molar-refractivity contribution in [3.8, 4) is 17.0 Å². The lowest BCUT2D eigenvalue weighted by molar-refractivity contribution is 0.00125. The van der Waals surface area contributed by atoms with Crippen LogP contribution in [0.15, 0.2) is 36.7 Å². The monoisotopic (exact) mass is 354 g/mol. The summed E-state index contributed by atoms with van der Waals surface area (Å²) in [4.78, 5) is 0. The maximum absolute atomic E-state index is 6.00. The number of hydrogen-bond acceptors (Lipinski definition) is 6. The fourth-order valence-corrected chi connectivity index (χ4v) is 3.08. The zero-order chi connectivity index (χ0) is 17.9. The average molecular weight is 354 g/mol. The molecule has 3 aromatic rings. The molecule has 4 rings (SSSR count). The molecule has 0 fully saturated rings. The van der Waals surface area contributed by atoms with Crippen LogP contribution in [0.25, 0.3) is 11.3 Å². The molecule has 136 valence electrons. The lowest BCUT2D eigenvalue weighted by Gasteiger charge is -2.24. The summed E-state index contributed by atoms with van der Waals surface area (Å²) in [5.74, 6) is 0.868. The summed E-state index contributed by atoms with van der Waals surface area (Å²) in [7, 11) is 3.56. The second-order valence-corrected chi connectivity index (χ2v) is 6.38. The molecule has 1 aromatic carbocycles. The van der Waals surface area contributed by atoms with E-state index in [0.717, 1.165) is 35.8 Å². The molecule has 0 aliphatic carbocycles. The van der Waals surface area contributed by atoms with Crippen molar-refractivity contribution in [2.45, 2.75) is 25.8 Å². The predicted molar refractivity (Wildman–Crippen MR) is 95.5 cm³/mol. The van der Waals surface area contributed by atoms with E-state index in [4.69, 9.17) is 9.47 Å². The van der Waals surface area contributed by atoms with Crippen LogP contribution in [0.2, 0.25) is 0 Å². The second kappa shape index (κ2) is 7.27. The zero-order valence-corrected chi connectivity index (χ0v) is 14.9. The van der Waals surface area contributed by atoms with Gasteiger partial charge in [0.15, 0.2) is 0 Å². The number of benzene rings is 1. The first-order valence-electron chi connectivity index (χ1n) is 8.59. The van der Waals surface area contributed by atoms with Crippen LogP contribution < -0.4 is 10.1 Å². The number of methoxy groups -OCH3 is 1. The van der Waals surface area contributed by atoms with Crippen molar-refractivity contribution in [2.24, 2.45) is 7.05 Å². The highest BCUT2D eigenvalue weighted by Gasteiger charge is 2.24. The minimum atomic E-state index is 0.0733. The third-order valence-corrected chi connectivity index (χ3v) is 4.51. The minimum absolute atomic E-state index is 0.0733. The van der Waals surface area contributed by atoms with E-state index < -0.39 is 0 Å². The molecule has 1 N–H and O–H groups in total. The first kappa shape index (κ1) is 16.7. The summed E-state index contributed by atoms with van der Waals surface area (Å²) in [5.41, 5.74) is 4.03. The molecule has 1 aliphatic rings. The Bertz CT molecular complexity index is 870. The van der Waals surface area contributed by atoms with Crippen LogP contribution in [-0.2, 0) is 31.5 Å². The van der Waals surface area contributed by atoms with Crippen molar-refractivity contribution in [3.63, 3.8) is 0 Å². The molecule has 1 aliphatic heterocycles. The van der Waals surface area contributed by atoms with Crippen LogP contribution in [0.4, 0.5) is 0 Å². The van der Waals surface area contributed by atoms with E-state index >= 15 is 0 Å². The van der Waals surface area contributed by atoms with Crippen LogP contribution in [-0.4, -0.2) is 44.5 Å². The Morgan fingerprint density at radius 2 is 2.15 bits per heavy atom. The second-order valence-electron chi connectivity index (χ2n) is 6.38. The third kappa shape index (κ3) is 3.47. The largest absolute Gasteiger partial charge is 0.497 e. The highest BCUT2D eigenvalue weighted by molar-refractivity contribution is 5.59. The summed E-state index contributed by atoms with van der Waals surface area (Å²) < 4.78 is 14.9. The molecule has 0 amide bonds. The van der Waals surface area contributed by atoms with Gasteiger partial charge in [-0.1, -0.05) is 17.3 Å². The topological polar surface area (TPSA) is 79.0 Å². The van der Waals surface area contributed by atoms with Gasteiger partial charge in [-0.15, -0.1) is 5.10 Å². The van der Waals surface area contributed by atoms with Gasteiger partial charge in [0.1, 0.15) is 11.4 Å². The fraction of sp³-hybridized carbons (Fsp3) is 0.389. The Kier molecular flexibility index (Phi) is 4.68. The first-order chi connectivity index (χ1) is 12.7. The van der Waals surface area contributed by atoms with Gasteiger partial charge in [0.2, 0.25) is 0 Å². The van der Waals surface area contributed by atoms with E-state index in [2.05, 4.69) is 32.9 Å². The summed E-state index contributed by atoms with van der Waals surface area (Å²) in [6.45, 7) is 2.74. The van der Waals surface area contributed by atoms with Crippen LogP contribution in [0, 0.1) is 0 Å². The molecule has 0 saturated heterocycles. The molecule has 2 aromatic heterocycles. The van der Waals surface area contributed by atoms with Crippen LogP contribution >= 0.6 is 0 Å². The van der Waals surface area contributed by atoms with Gasteiger partial charge in [-0.05, 0) is 17.7 Å². The molecule has 8 heteroatoms. The number of rotatable bonds is 6. The highest BCUT2D eigenvalue weighted by Crippen LogP contribution is 2.24. The molecular weight excluding hydrogens is 332 g/mol. The van der Waals surface area contributed by atoms with Gasteiger partial charge < -0.3 is 14.8 Å². The maximum Gasteiger partial charge on any atom is 0.121 e. The molecular formula is C18H22N6O2.